The van der Waals surface area contributed by atoms with Gasteiger partial charge in [0.15, 0.2) is 0 Å². The molecule has 0 saturated heterocycles. The summed E-state index contributed by atoms with van der Waals surface area (Å²) in [4.78, 5) is 16.9. The molecule has 0 bridgehead atoms. The van der Waals surface area contributed by atoms with E-state index in [1.807, 2.05) is 26.2 Å². The Morgan fingerprint density at radius 2 is 2.00 bits per heavy atom. The molecular formula is C17H21N3O. The quantitative estimate of drug-likeness (QED) is 0.921. The van der Waals surface area contributed by atoms with E-state index in [0.29, 0.717) is 0 Å². The van der Waals surface area contributed by atoms with Crippen molar-refractivity contribution in [2.45, 2.75) is 40.2 Å². The van der Waals surface area contributed by atoms with E-state index in [9.17, 15) is 4.79 Å². The fraction of sp³-hybridized carbons (Fsp3) is 0.412. The number of nitrogens with zero attached hydrogens (tertiary/aromatic N) is 2. The number of hydrogen-bond donors (Lipinski definition) is 1. The van der Waals surface area contributed by atoms with Crippen molar-refractivity contribution in [3.63, 3.8) is 0 Å². The van der Waals surface area contributed by atoms with Crippen molar-refractivity contribution < 1.29 is 4.79 Å². The van der Waals surface area contributed by atoms with Crippen LogP contribution in [-0.2, 0) is 17.8 Å². The number of amides is 1. The van der Waals surface area contributed by atoms with Gasteiger partial charge < -0.3 is 9.88 Å². The molecule has 0 fully saturated rings. The molecule has 0 saturated carbocycles. The first kappa shape index (κ1) is 13.9. The third-order valence-corrected chi connectivity index (χ3v) is 4.25. The molecule has 1 N–H and O–H groups in total. The SMILES string of the molecule is Cc1cc(C)c(NC(=O)C2CCn3ccnc3C2)c(C)c1. The van der Waals surface area contributed by atoms with Gasteiger partial charge in [-0.2, -0.15) is 0 Å². The fourth-order valence-corrected chi connectivity index (χ4v) is 3.18. The van der Waals surface area contributed by atoms with Crippen LogP contribution in [0.1, 0.15) is 28.9 Å². The summed E-state index contributed by atoms with van der Waals surface area (Å²) in [7, 11) is 0. The van der Waals surface area contributed by atoms with Crippen LogP contribution in [0.5, 0.6) is 0 Å². The van der Waals surface area contributed by atoms with Gasteiger partial charge in [-0.3, -0.25) is 4.79 Å². The minimum absolute atomic E-state index is 0.0139. The largest absolute Gasteiger partial charge is 0.335 e. The number of aromatic nitrogens is 2. The number of imidazole rings is 1. The van der Waals surface area contributed by atoms with Gasteiger partial charge in [0, 0.05) is 37.0 Å². The van der Waals surface area contributed by atoms with Crippen LogP contribution in [0.2, 0.25) is 0 Å². The highest BCUT2D eigenvalue weighted by Gasteiger charge is 2.25. The van der Waals surface area contributed by atoms with Gasteiger partial charge >= 0.3 is 0 Å². The molecule has 1 aliphatic rings. The molecule has 1 atom stereocenters. The monoisotopic (exact) mass is 283 g/mol. The summed E-state index contributed by atoms with van der Waals surface area (Å²) in [5, 5.41) is 3.12. The predicted octanol–water partition coefficient (Wildman–Crippen LogP) is 3.01. The highest BCUT2D eigenvalue weighted by Crippen LogP contribution is 2.25. The number of anilines is 1. The number of fused-ring (bicyclic) bond motifs is 1. The Labute approximate surface area is 125 Å². The Hall–Kier alpha value is -2.10. The van der Waals surface area contributed by atoms with Gasteiger partial charge in [-0.05, 0) is 38.3 Å². The minimum Gasteiger partial charge on any atom is -0.335 e. The van der Waals surface area contributed by atoms with Gasteiger partial charge in [0.1, 0.15) is 5.82 Å². The lowest BCUT2D eigenvalue weighted by Gasteiger charge is -2.23. The molecule has 3 rings (SSSR count). The second-order valence-electron chi connectivity index (χ2n) is 5.99. The standard InChI is InChI=1S/C17H21N3O/c1-11-8-12(2)16(13(3)9-11)19-17(21)14-4-6-20-7-5-18-15(20)10-14/h5,7-9,14H,4,6,10H2,1-3H3,(H,19,21). The summed E-state index contributed by atoms with van der Waals surface area (Å²) in [6.45, 7) is 7.04. The molecule has 1 amide bonds. The topological polar surface area (TPSA) is 46.9 Å². The molecule has 1 unspecified atom stereocenters. The van der Waals surface area contributed by atoms with Crippen LogP contribution in [-0.4, -0.2) is 15.5 Å². The summed E-state index contributed by atoms with van der Waals surface area (Å²) < 4.78 is 2.13. The average Bonchev–Trinajstić information content (AvgIpc) is 2.89. The van der Waals surface area contributed by atoms with E-state index in [-0.39, 0.29) is 11.8 Å². The summed E-state index contributed by atoms with van der Waals surface area (Å²) in [6, 6.07) is 4.21. The highest BCUT2D eigenvalue weighted by atomic mass is 16.1. The predicted molar refractivity (Wildman–Crippen MR) is 83.3 cm³/mol. The number of hydrogen-bond acceptors (Lipinski definition) is 2. The smallest absolute Gasteiger partial charge is 0.228 e. The number of carbonyl (C=O) groups is 1. The van der Waals surface area contributed by atoms with E-state index < -0.39 is 0 Å². The fourth-order valence-electron chi connectivity index (χ4n) is 3.18. The Kier molecular flexibility index (Phi) is 3.53. The molecule has 1 aromatic heterocycles. The van der Waals surface area contributed by atoms with E-state index >= 15 is 0 Å². The van der Waals surface area contributed by atoms with Gasteiger partial charge in [-0.25, -0.2) is 4.98 Å². The normalized spacial score (nSPS) is 17.4. The Balaban J connectivity index is 1.76. The molecular weight excluding hydrogens is 262 g/mol. The molecule has 21 heavy (non-hydrogen) atoms. The van der Waals surface area contributed by atoms with Crippen molar-refractivity contribution in [1.29, 1.82) is 0 Å². The van der Waals surface area contributed by atoms with Gasteiger partial charge in [0.25, 0.3) is 0 Å². The van der Waals surface area contributed by atoms with Crippen LogP contribution in [0.4, 0.5) is 5.69 Å². The minimum atomic E-state index is 0.0139. The van der Waals surface area contributed by atoms with Crippen LogP contribution in [0.3, 0.4) is 0 Å². The summed E-state index contributed by atoms with van der Waals surface area (Å²) >= 11 is 0. The van der Waals surface area contributed by atoms with Gasteiger partial charge in [-0.15, -0.1) is 0 Å². The molecule has 4 heteroatoms. The Bertz CT molecular complexity index is 664. The lowest BCUT2D eigenvalue weighted by molar-refractivity contribution is -0.120. The highest BCUT2D eigenvalue weighted by molar-refractivity contribution is 5.94. The van der Waals surface area contributed by atoms with E-state index in [4.69, 9.17) is 0 Å². The van der Waals surface area contributed by atoms with Crippen molar-refractivity contribution in [1.82, 2.24) is 9.55 Å². The van der Waals surface area contributed by atoms with Gasteiger partial charge in [0.2, 0.25) is 5.91 Å². The van der Waals surface area contributed by atoms with Crippen LogP contribution in [0.25, 0.3) is 0 Å². The third kappa shape index (κ3) is 2.71. The van der Waals surface area contributed by atoms with Crippen molar-refractivity contribution in [2.24, 2.45) is 5.92 Å². The number of nitrogens with one attached hydrogen (secondary N) is 1. The maximum atomic E-state index is 12.5. The molecule has 0 radical (unpaired) electrons. The lowest BCUT2D eigenvalue weighted by Crippen LogP contribution is -2.30. The van der Waals surface area contributed by atoms with Crippen molar-refractivity contribution in [3.8, 4) is 0 Å². The molecule has 2 aromatic rings. The second-order valence-corrected chi connectivity index (χ2v) is 5.99. The van der Waals surface area contributed by atoms with Crippen molar-refractivity contribution in [3.05, 3.63) is 47.0 Å². The Morgan fingerprint density at radius 1 is 1.29 bits per heavy atom. The maximum Gasteiger partial charge on any atom is 0.228 e. The van der Waals surface area contributed by atoms with Crippen LogP contribution < -0.4 is 5.32 Å². The zero-order valence-corrected chi connectivity index (χ0v) is 12.8. The maximum absolute atomic E-state index is 12.5. The molecule has 1 aromatic carbocycles. The summed E-state index contributed by atoms with van der Waals surface area (Å²) in [6.07, 6.45) is 5.39. The summed E-state index contributed by atoms with van der Waals surface area (Å²) in [5.74, 6) is 1.14. The van der Waals surface area contributed by atoms with E-state index in [1.165, 1.54) is 5.56 Å². The first-order valence-corrected chi connectivity index (χ1v) is 7.43. The zero-order chi connectivity index (χ0) is 15.0. The molecule has 110 valence electrons. The van der Waals surface area contributed by atoms with Crippen molar-refractivity contribution in [2.75, 3.05) is 5.32 Å². The van der Waals surface area contributed by atoms with E-state index in [1.54, 1.807) is 0 Å². The van der Waals surface area contributed by atoms with E-state index in [0.717, 1.165) is 42.0 Å². The van der Waals surface area contributed by atoms with Crippen molar-refractivity contribution >= 4 is 11.6 Å². The van der Waals surface area contributed by atoms with Crippen LogP contribution in [0.15, 0.2) is 24.5 Å². The average molecular weight is 283 g/mol. The first-order valence-electron chi connectivity index (χ1n) is 7.43. The Morgan fingerprint density at radius 3 is 2.71 bits per heavy atom. The number of aryl methyl sites for hydroxylation is 4. The summed E-state index contributed by atoms with van der Waals surface area (Å²) in [5.41, 5.74) is 4.43. The molecule has 4 nitrogen and oxygen atoms in total. The molecule has 2 heterocycles. The van der Waals surface area contributed by atoms with E-state index in [2.05, 4.69) is 33.9 Å². The lowest BCUT2D eigenvalue weighted by atomic mass is 9.96. The van der Waals surface area contributed by atoms with Gasteiger partial charge in [-0.1, -0.05) is 17.7 Å². The number of benzene rings is 1. The number of carbonyl (C=O) groups excluding carboxylic acids is 1. The number of rotatable bonds is 2. The van der Waals surface area contributed by atoms with Crippen LogP contribution >= 0.6 is 0 Å². The third-order valence-electron chi connectivity index (χ3n) is 4.25. The molecule has 0 aliphatic carbocycles. The zero-order valence-electron chi connectivity index (χ0n) is 12.8. The first-order chi connectivity index (χ1) is 10.0. The molecule has 1 aliphatic heterocycles. The second kappa shape index (κ2) is 5.35. The van der Waals surface area contributed by atoms with Crippen LogP contribution in [0, 0.1) is 26.7 Å². The van der Waals surface area contributed by atoms with Gasteiger partial charge in [0.05, 0.1) is 0 Å². The molecule has 0 spiro atoms.